The van der Waals surface area contributed by atoms with Crippen LogP contribution in [-0.2, 0) is 9.47 Å². The average molecular weight is 326 g/mol. The van der Waals surface area contributed by atoms with Crippen molar-refractivity contribution in [2.75, 3.05) is 39.4 Å². The van der Waals surface area contributed by atoms with E-state index in [1.54, 1.807) is 0 Å². The van der Waals surface area contributed by atoms with E-state index in [0.29, 0.717) is 5.92 Å². The van der Waals surface area contributed by atoms with Gasteiger partial charge in [0.05, 0.1) is 6.61 Å². The van der Waals surface area contributed by atoms with Gasteiger partial charge < -0.3 is 19.7 Å². The van der Waals surface area contributed by atoms with Gasteiger partial charge in [-0.05, 0) is 57.8 Å². The molecule has 0 aromatic heterocycles. The van der Waals surface area contributed by atoms with Crippen LogP contribution in [-0.4, -0.2) is 56.0 Å². The number of nitrogens with one attached hydrogen (secondary N) is 1. The molecule has 23 heavy (non-hydrogen) atoms. The molecule has 2 rings (SSSR count). The molecule has 1 amide bonds. The van der Waals surface area contributed by atoms with Crippen molar-refractivity contribution in [2.45, 2.75) is 59.0 Å². The number of ether oxygens (including phenoxy) is 2. The smallest absolute Gasteiger partial charge is 0.410 e. The number of likely N-dealkylation sites (tertiary alicyclic amines) is 1. The molecule has 1 N–H and O–H groups in total. The van der Waals surface area contributed by atoms with Gasteiger partial charge in [-0.1, -0.05) is 6.92 Å². The molecule has 0 bridgehead atoms. The van der Waals surface area contributed by atoms with Gasteiger partial charge in [0, 0.05) is 32.8 Å². The van der Waals surface area contributed by atoms with Crippen LogP contribution in [0.2, 0.25) is 0 Å². The predicted molar refractivity (Wildman–Crippen MR) is 91.6 cm³/mol. The number of rotatable bonds is 4. The fourth-order valence-electron chi connectivity index (χ4n) is 3.49. The summed E-state index contributed by atoms with van der Waals surface area (Å²) in [7, 11) is 0. The van der Waals surface area contributed by atoms with E-state index in [4.69, 9.17) is 9.47 Å². The number of piperidine rings is 1. The lowest BCUT2D eigenvalue weighted by Gasteiger charge is -2.41. The van der Waals surface area contributed by atoms with Crippen LogP contribution in [0, 0.1) is 11.3 Å². The minimum absolute atomic E-state index is 0.130. The molecular formula is C18H34N2O3. The predicted octanol–water partition coefficient (Wildman–Crippen LogP) is 3.04. The zero-order valence-corrected chi connectivity index (χ0v) is 15.3. The van der Waals surface area contributed by atoms with Crippen LogP contribution in [0.3, 0.4) is 0 Å². The summed E-state index contributed by atoms with van der Waals surface area (Å²) in [5.41, 5.74) is -0.297. The number of hydrogen-bond acceptors (Lipinski definition) is 4. The highest BCUT2D eigenvalue weighted by molar-refractivity contribution is 5.68. The van der Waals surface area contributed by atoms with Gasteiger partial charge in [-0.2, -0.15) is 0 Å². The Hall–Kier alpha value is -0.810. The number of amides is 1. The molecule has 5 heteroatoms. The molecule has 2 saturated heterocycles. The lowest BCUT2D eigenvalue weighted by Crippen LogP contribution is -2.50. The maximum Gasteiger partial charge on any atom is 0.410 e. The summed E-state index contributed by atoms with van der Waals surface area (Å²) in [6, 6.07) is 0. The molecule has 2 aliphatic rings. The Bertz CT molecular complexity index is 388. The molecule has 2 aliphatic heterocycles. The third-order valence-corrected chi connectivity index (χ3v) is 4.67. The lowest BCUT2D eigenvalue weighted by molar-refractivity contribution is 0.00617. The first kappa shape index (κ1) is 18.5. The van der Waals surface area contributed by atoms with Crippen molar-refractivity contribution in [3.63, 3.8) is 0 Å². The molecule has 0 aromatic carbocycles. The summed E-state index contributed by atoms with van der Waals surface area (Å²) in [6.07, 6.45) is 4.46. The highest BCUT2D eigenvalue weighted by atomic mass is 16.6. The number of hydrogen-bond donors (Lipinski definition) is 1. The minimum atomic E-state index is -0.426. The second kappa shape index (κ2) is 7.84. The monoisotopic (exact) mass is 326 g/mol. The normalized spacial score (nSPS) is 29.4. The molecule has 2 fully saturated rings. The summed E-state index contributed by atoms with van der Waals surface area (Å²) in [6.45, 7) is 13.4. The van der Waals surface area contributed by atoms with E-state index in [1.807, 2.05) is 25.7 Å². The molecule has 0 radical (unpaired) electrons. The van der Waals surface area contributed by atoms with Gasteiger partial charge in [-0.3, -0.25) is 0 Å². The third kappa shape index (κ3) is 6.30. The fraction of sp³-hybridized carbons (Fsp3) is 0.944. The van der Waals surface area contributed by atoms with Gasteiger partial charge in [0.15, 0.2) is 0 Å². The summed E-state index contributed by atoms with van der Waals surface area (Å²) in [5.74, 6) is 0.637. The summed E-state index contributed by atoms with van der Waals surface area (Å²) >= 11 is 0. The van der Waals surface area contributed by atoms with Crippen molar-refractivity contribution in [3.05, 3.63) is 0 Å². The van der Waals surface area contributed by atoms with E-state index in [1.165, 1.54) is 12.8 Å². The van der Waals surface area contributed by atoms with Crippen molar-refractivity contribution in [3.8, 4) is 0 Å². The van der Waals surface area contributed by atoms with Gasteiger partial charge in [0.2, 0.25) is 0 Å². The van der Waals surface area contributed by atoms with Crippen LogP contribution >= 0.6 is 0 Å². The zero-order chi connectivity index (χ0) is 16.9. The second-order valence-electron chi connectivity index (χ2n) is 8.53. The lowest BCUT2D eigenvalue weighted by atomic mass is 9.82. The molecule has 2 heterocycles. The SMILES string of the molecule is CC1(CNCC2CCCOC2)CCCN(C(=O)OC(C)(C)C)C1. The van der Waals surface area contributed by atoms with Crippen LogP contribution < -0.4 is 5.32 Å². The summed E-state index contributed by atoms with van der Waals surface area (Å²) < 4.78 is 11.1. The van der Waals surface area contributed by atoms with Crippen molar-refractivity contribution < 1.29 is 14.3 Å². The van der Waals surface area contributed by atoms with E-state index >= 15 is 0 Å². The fourth-order valence-corrected chi connectivity index (χ4v) is 3.49. The standard InChI is InChI=1S/C18H34N2O3/c1-17(2,3)23-16(21)20-9-6-8-18(4,14-20)13-19-11-15-7-5-10-22-12-15/h15,19H,5-14H2,1-4H3. The van der Waals surface area contributed by atoms with E-state index in [0.717, 1.165) is 52.2 Å². The van der Waals surface area contributed by atoms with Crippen molar-refractivity contribution in [1.82, 2.24) is 10.2 Å². The van der Waals surface area contributed by atoms with Crippen molar-refractivity contribution >= 4 is 6.09 Å². The van der Waals surface area contributed by atoms with Gasteiger partial charge in [0.1, 0.15) is 5.60 Å². The quantitative estimate of drug-likeness (QED) is 0.863. The Morgan fingerprint density at radius 1 is 1.39 bits per heavy atom. The van der Waals surface area contributed by atoms with Gasteiger partial charge >= 0.3 is 6.09 Å². The van der Waals surface area contributed by atoms with Gasteiger partial charge in [0.25, 0.3) is 0 Å². The Morgan fingerprint density at radius 3 is 2.83 bits per heavy atom. The van der Waals surface area contributed by atoms with E-state index in [2.05, 4.69) is 12.2 Å². The Morgan fingerprint density at radius 2 is 2.17 bits per heavy atom. The van der Waals surface area contributed by atoms with E-state index < -0.39 is 5.60 Å². The van der Waals surface area contributed by atoms with Crippen LogP contribution in [0.4, 0.5) is 4.79 Å². The molecule has 0 aromatic rings. The van der Waals surface area contributed by atoms with Crippen LogP contribution in [0.5, 0.6) is 0 Å². The van der Waals surface area contributed by atoms with Crippen molar-refractivity contribution in [1.29, 1.82) is 0 Å². The number of carbonyl (C=O) groups excluding carboxylic acids is 1. The Balaban J connectivity index is 1.77. The van der Waals surface area contributed by atoms with Crippen molar-refractivity contribution in [2.24, 2.45) is 11.3 Å². The first-order valence-electron chi connectivity index (χ1n) is 9.04. The van der Waals surface area contributed by atoms with Crippen LogP contribution in [0.25, 0.3) is 0 Å². The molecule has 5 nitrogen and oxygen atoms in total. The average Bonchev–Trinajstić information content (AvgIpc) is 2.46. The van der Waals surface area contributed by atoms with E-state index in [9.17, 15) is 4.79 Å². The Labute approximate surface area is 141 Å². The Kier molecular flexibility index (Phi) is 6.32. The third-order valence-electron chi connectivity index (χ3n) is 4.67. The van der Waals surface area contributed by atoms with Crippen LogP contribution in [0.1, 0.15) is 53.4 Å². The van der Waals surface area contributed by atoms with Crippen LogP contribution in [0.15, 0.2) is 0 Å². The topological polar surface area (TPSA) is 50.8 Å². The maximum atomic E-state index is 12.3. The highest BCUT2D eigenvalue weighted by Crippen LogP contribution is 2.29. The minimum Gasteiger partial charge on any atom is -0.444 e. The molecule has 0 spiro atoms. The second-order valence-corrected chi connectivity index (χ2v) is 8.53. The molecule has 2 atom stereocenters. The number of carbonyl (C=O) groups is 1. The summed E-state index contributed by atoms with van der Waals surface area (Å²) in [5, 5.41) is 3.61. The molecule has 2 unspecified atom stereocenters. The maximum absolute atomic E-state index is 12.3. The van der Waals surface area contributed by atoms with Gasteiger partial charge in [-0.15, -0.1) is 0 Å². The molecular weight excluding hydrogens is 292 g/mol. The first-order valence-corrected chi connectivity index (χ1v) is 9.04. The zero-order valence-electron chi connectivity index (χ0n) is 15.3. The van der Waals surface area contributed by atoms with Gasteiger partial charge in [-0.25, -0.2) is 4.79 Å². The molecule has 0 saturated carbocycles. The molecule has 0 aliphatic carbocycles. The van der Waals surface area contributed by atoms with E-state index in [-0.39, 0.29) is 11.5 Å². The largest absolute Gasteiger partial charge is 0.444 e. The number of nitrogens with zero attached hydrogens (tertiary/aromatic N) is 1. The summed E-state index contributed by atoms with van der Waals surface area (Å²) in [4.78, 5) is 14.2. The molecule has 134 valence electrons. The highest BCUT2D eigenvalue weighted by Gasteiger charge is 2.34. The first-order chi connectivity index (χ1) is 10.8.